The second-order valence-electron chi connectivity index (χ2n) is 5.82. The molecular formula is C14H24N4O2. The minimum atomic E-state index is -0.118. The number of aryl methyl sites for hydroxylation is 2. The summed E-state index contributed by atoms with van der Waals surface area (Å²) in [6.07, 6.45) is 2.85. The fraction of sp³-hybridized carbons (Fsp3) is 0.714. The van der Waals surface area contributed by atoms with E-state index in [1.807, 2.05) is 13.8 Å². The molecular weight excluding hydrogens is 256 g/mol. The maximum absolute atomic E-state index is 12.3. The van der Waals surface area contributed by atoms with Crippen LogP contribution in [-0.2, 0) is 0 Å². The summed E-state index contributed by atoms with van der Waals surface area (Å²) in [6.45, 7) is 7.32. The lowest BCUT2D eigenvalue weighted by Crippen LogP contribution is -2.36. The molecule has 0 bridgehead atoms. The van der Waals surface area contributed by atoms with Crippen molar-refractivity contribution in [2.24, 2.45) is 5.41 Å². The van der Waals surface area contributed by atoms with E-state index in [0.717, 1.165) is 36.3 Å². The molecule has 2 heterocycles. The first-order valence-corrected chi connectivity index (χ1v) is 7.19. The van der Waals surface area contributed by atoms with E-state index >= 15 is 0 Å². The van der Waals surface area contributed by atoms with Crippen LogP contribution in [0.4, 0.5) is 10.5 Å². The van der Waals surface area contributed by atoms with Crippen LogP contribution in [0.15, 0.2) is 0 Å². The predicted octanol–water partition coefficient (Wildman–Crippen LogP) is 2.04. The van der Waals surface area contributed by atoms with Crippen molar-refractivity contribution >= 4 is 11.7 Å². The third-order valence-electron chi connectivity index (χ3n) is 4.20. The van der Waals surface area contributed by atoms with Gasteiger partial charge in [0.2, 0.25) is 0 Å². The molecule has 1 aromatic rings. The summed E-state index contributed by atoms with van der Waals surface area (Å²) in [5, 5.41) is 19.5. The Bertz CT molecular complexity index is 466. The number of rotatable bonds is 4. The highest BCUT2D eigenvalue weighted by Gasteiger charge is 2.38. The average molecular weight is 280 g/mol. The molecule has 1 aliphatic heterocycles. The monoisotopic (exact) mass is 280 g/mol. The van der Waals surface area contributed by atoms with Crippen molar-refractivity contribution in [2.75, 3.05) is 25.0 Å². The number of likely N-dealkylation sites (tertiary alicyclic amines) is 1. The molecule has 0 saturated carbocycles. The number of aromatic nitrogens is 2. The van der Waals surface area contributed by atoms with Gasteiger partial charge in [-0.3, -0.25) is 5.10 Å². The van der Waals surface area contributed by atoms with Gasteiger partial charge in [-0.25, -0.2) is 4.79 Å². The lowest BCUT2D eigenvalue weighted by Gasteiger charge is -2.26. The number of aliphatic hydroxyl groups excluding tert-OH is 1. The quantitative estimate of drug-likeness (QED) is 0.789. The van der Waals surface area contributed by atoms with Crippen LogP contribution in [0.2, 0.25) is 0 Å². The van der Waals surface area contributed by atoms with Gasteiger partial charge in [0.1, 0.15) is 0 Å². The molecule has 0 aromatic carbocycles. The first-order valence-electron chi connectivity index (χ1n) is 7.19. The summed E-state index contributed by atoms with van der Waals surface area (Å²) < 4.78 is 0. The number of urea groups is 1. The minimum Gasteiger partial charge on any atom is -0.396 e. The number of anilines is 1. The molecule has 0 spiro atoms. The topological polar surface area (TPSA) is 81.2 Å². The molecule has 1 aromatic heterocycles. The molecule has 112 valence electrons. The largest absolute Gasteiger partial charge is 0.396 e. The molecule has 6 nitrogen and oxygen atoms in total. The van der Waals surface area contributed by atoms with Gasteiger partial charge in [0.15, 0.2) is 0 Å². The Labute approximate surface area is 119 Å². The van der Waals surface area contributed by atoms with E-state index in [1.54, 1.807) is 4.90 Å². The highest BCUT2D eigenvalue weighted by molar-refractivity contribution is 5.90. The maximum Gasteiger partial charge on any atom is 0.321 e. The Morgan fingerprint density at radius 2 is 2.30 bits per heavy atom. The van der Waals surface area contributed by atoms with E-state index in [4.69, 9.17) is 0 Å². The number of H-pyrrole nitrogens is 1. The molecule has 1 atom stereocenters. The van der Waals surface area contributed by atoms with Gasteiger partial charge in [-0.05, 0) is 26.7 Å². The Hall–Kier alpha value is -1.56. The van der Waals surface area contributed by atoms with Crippen molar-refractivity contribution in [3.63, 3.8) is 0 Å². The van der Waals surface area contributed by atoms with Gasteiger partial charge in [-0.15, -0.1) is 0 Å². The van der Waals surface area contributed by atoms with Crippen molar-refractivity contribution in [1.82, 2.24) is 15.1 Å². The molecule has 1 saturated heterocycles. The highest BCUT2D eigenvalue weighted by atomic mass is 16.3. The summed E-state index contributed by atoms with van der Waals surface area (Å²) in [5.74, 6) is 0. The van der Waals surface area contributed by atoms with Crippen LogP contribution in [-0.4, -0.2) is 45.9 Å². The molecule has 3 N–H and O–H groups in total. The average Bonchev–Trinajstić information content (AvgIpc) is 2.99. The summed E-state index contributed by atoms with van der Waals surface area (Å²) >= 11 is 0. The van der Waals surface area contributed by atoms with Crippen LogP contribution >= 0.6 is 0 Å². The Morgan fingerprint density at radius 1 is 1.55 bits per heavy atom. The van der Waals surface area contributed by atoms with Crippen LogP contribution < -0.4 is 5.32 Å². The van der Waals surface area contributed by atoms with E-state index < -0.39 is 0 Å². The van der Waals surface area contributed by atoms with E-state index in [2.05, 4.69) is 22.4 Å². The van der Waals surface area contributed by atoms with Gasteiger partial charge in [-0.1, -0.05) is 13.3 Å². The number of carbonyl (C=O) groups is 1. The van der Waals surface area contributed by atoms with Crippen molar-refractivity contribution in [3.8, 4) is 0 Å². The standard InChI is InChI=1S/C14H24N4O2/c1-4-5-14(9-19)6-7-18(8-14)13(20)15-12-10(2)16-17-11(12)3/h19H,4-9H2,1-3H3,(H,15,20)(H,16,17). The number of hydrogen-bond acceptors (Lipinski definition) is 3. The number of amides is 2. The van der Waals surface area contributed by atoms with Crippen LogP contribution in [0, 0.1) is 19.3 Å². The van der Waals surface area contributed by atoms with Crippen LogP contribution in [0.3, 0.4) is 0 Å². The van der Waals surface area contributed by atoms with Gasteiger partial charge in [0, 0.05) is 18.5 Å². The molecule has 0 aliphatic carbocycles. The number of hydrogen-bond donors (Lipinski definition) is 3. The van der Waals surface area contributed by atoms with Crippen molar-refractivity contribution in [2.45, 2.75) is 40.0 Å². The number of aromatic amines is 1. The fourth-order valence-electron chi connectivity index (χ4n) is 2.97. The summed E-state index contributed by atoms with van der Waals surface area (Å²) in [4.78, 5) is 14.1. The number of nitrogens with zero attached hydrogens (tertiary/aromatic N) is 2. The van der Waals surface area contributed by atoms with Crippen molar-refractivity contribution < 1.29 is 9.90 Å². The smallest absolute Gasteiger partial charge is 0.321 e. The third kappa shape index (κ3) is 2.80. The molecule has 2 rings (SSSR count). The molecule has 20 heavy (non-hydrogen) atoms. The first-order chi connectivity index (χ1) is 9.51. The molecule has 1 fully saturated rings. The third-order valence-corrected chi connectivity index (χ3v) is 4.20. The summed E-state index contributed by atoms with van der Waals surface area (Å²) in [7, 11) is 0. The van der Waals surface area contributed by atoms with Gasteiger partial charge in [0.25, 0.3) is 0 Å². The second kappa shape index (κ2) is 5.83. The molecule has 2 amide bonds. The van der Waals surface area contributed by atoms with E-state index in [-0.39, 0.29) is 18.1 Å². The summed E-state index contributed by atoms with van der Waals surface area (Å²) in [6, 6.07) is -0.107. The lowest BCUT2D eigenvalue weighted by molar-refractivity contribution is 0.122. The number of carbonyl (C=O) groups excluding carboxylic acids is 1. The van der Waals surface area contributed by atoms with Crippen molar-refractivity contribution in [1.29, 1.82) is 0 Å². The zero-order chi connectivity index (χ0) is 14.8. The molecule has 0 radical (unpaired) electrons. The van der Waals surface area contributed by atoms with Crippen molar-refractivity contribution in [3.05, 3.63) is 11.4 Å². The summed E-state index contributed by atoms with van der Waals surface area (Å²) in [5.41, 5.74) is 2.29. The highest BCUT2D eigenvalue weighted by Crippen LogP contribution is 2.35. The molecule has 6 heteroatoms. The predicted molar refractivity (Wildman–Crippen MR) is 77.7 cm³/mol. The Morgan fingerprint density at radius 3 is 2.85 bits per heavy atom. The van der Waals surface area contributed by atoms with E-state index in [9.17, 15) is 9.90 Å². The van der Waals surface area contributed by atoms with Crippen LogP contribution in [0.25, 0.3) is 0 Å². The molecule has 1 unspecified atom stereocenters. The van der Waals surface area contributed by atoms with Gasteiger partial charge < -0.3 is 15.3 Å². The van der Waals surface area contributed by atoms with Gasteiger partial charge in [-0.2, -0.15) is 5.10 Å². The van der Waals surface area contributed by atoms with E-state index in [1.165, 1.54) is 0 Å². The van der Waals surface area contributed by atoms with E-state index in [0.29, 0.717) is 13.1 Å². The van der Waals surface area contributed by atoms with Gasteiger partial charge >= 0.3 is 6.03 Å². The fourth-order valence-corrected chi connectivity index (χ4v) is 2.97. The Kier molecular flexibility index (Phi) is 4.32. The SMILES string of the molecule is CCCC1(CO)CCN(C(=O)Nc2c(C)n[nH]c2C)C1. The normalized spacial score (nSPS) is 22.3. The molecule has 1 aliphatic rings. The zero-order valence-corrected chi connectivity index (χ0v) is 12.5. The van der Waals surface area contributed by atoms with Crippen LogP contribution in [0.5, 0.6) is 0 Å². The minimum absolute atomic E-state index is 0.107. The Balaban J connectivity index is 2.01. The van der Waals surface area contributed by atoms with Crippen LogP contribution in [0.1, 0.15) is 37.6 Å². The lowest BCUT2D eigenvalue weighted by atomic mass is 9.83. The van der Waals surface area contributed by atoms with Gasteiger partial charge in [0.05, 0.1) is 23.7 Å². The second-order valence-corrected chi connectivity index (χ2v) is 5.82. The number of aliphatic hydroxyl groups is 1. The maximum atomic E-state index is 12.3. The zero-order valence-electron chi connectivity index (χ0n) is 12.5. The number of nitrogens with one attached hydrogen (secondary N) is 2. The first kappa shape index (κ1) is 14.8.